The van der Waals surface area contributed by atoms with Crippen molar-refractivity contribution in [2.75, 3.05) is 11.0 Å². The number of halogens is 2. The predicted octanol–water partition coefficient (Wildman–Crippen LogP) is 4.44. The Morgan fingerprint density at radius 2 is 2.03 bits per heavy atom. The highest BCUT2D eigenvalue weighted by molar-refractivity contribution is 7.92. The van der Waals surface area contributed by atoms with E-state index in [0.717, 1.165) is 6.26 Å². The van der Waals surface area contributed by atoms with Gasteiger partial charge in [0.2, 0.25) is 10.0 Å². The molecule has 2 heterocycles. The van der Waals surface area contributed by atoms with Gasteiger partial charge in [0.1, 0.15) is 5.82 Å². The lowest BCUT2D eigenvalue weighted by atomic mass is 9.98. The maximum absolute atomic E-state index is 13.7. The Bertz CT molecular complexity index is 1280. The van der Waals surface area contributed by atoms with E-state index >= 15 is 0 Å². The first-order valence-corrected chi connectivity index (χ1v) is 11.5. The van der Waals surface area contributed by atoms with E-state index < -0.39 is 27.8 Å². The topological polar surface area (TPSA) is 92.0 Å². The Hall–Kier alpha value is -3.17. The Labute approximate surface area is 183 Å². The highest BCUT2D eigenvalue weighted by Gasteiger charge is 2.35. The van der Waals surface area contributed by atoms with Gasteiger partial charge in [0.15, 0.2) is 5.76 Å². The van der Waals surface area contributed by atoms with E-state index in [2.05, 4.69) is 9.82 Å². The van der Waals surface area contributed by atoms with Crippen LogP contribution in [0.3, 0.4) is 0 Å². The quantitative estimate of drug-likeness (QED) is 0.608. The van der Waals surface area contributed by atoms with E-state index in [-0.39, 0.29) is 10.8 Å². The third kappa shape index (κ3) is 4.62. The highest BCUT2D eigenvalue weighted by Crippen LogP contribution is 2.35. The van der Waals surface area contributed by atoms with Crippen molar-refractivity contribution < 1.29 is 22.0 Å². The van der Waals surface area contributed by atoms with Crippen molar-refractivity contribution in [3.63, 3.8) is 0 Å². The largest absolute Gasteiger partial charge is 0.459 e. The van der Waals surface area contributed by atoms with Gasteiger partial charge in [0.25, 0.3) is 0 Å². The lowest BCUT2D eigenvalue weighted by molar-refractivity contribution is 0.0678. The van der Waals surface area contributed by atoms with Gasteiger partial charge in [-0.3, -0.25) is 9.52 Å². The molecule has 0 spiro atoms. The first kappa shape index (κ1) is 21.1. The summed E-state index contributed by atoms with van der Waals surface area (Å²) in [6.45, 7) is 0. The lowest BCUT2D eigenvalue weighted by Crippen LogP contribution is -2.26. The van der Waals surface area contributed by atoms with Gasteiger partial charge < -0.3 is 4.42 Å². The molecular weight excluding hydrogens is 445 g/mol. The summed E-state index contributed by atoms with van der Waals surface area (Å²) >= 11 is 5.96. The number of hydrogen-bond acceptors (Lipinski definition) is 5. The smallest absolute Gasteiger partial charge is 0.310 e. The molecule has 1 N–H and O–H groups in total. The second-order valence-electron chi connectivity index (χ2n) is 7.02. The molecule has 0 fully saturated rings. The molecule has 0 saturated heterocycles. The Balaban J connectivity index is 1.72. The molecule has 10 heteroatoms. The molecule has 2 aromatic carbocycles. The SMILES string of the molecule is CS(=O)(=O)Nc1cccc(C2=NN(C(=O)c3ccco3)[C@H](c3ccc(F)c(Cl)c3)C2)c1. The van der Waals surface area contributed by atoms with Crippen LogP contribution >= 0.6 is 11.6 Å². The van der Waals surface area contributed by atoms with Gasteiger partial charge in [-0.05, 0) is 47.5 Å². The molecule has 1 aliphatic rings. The zero-order chi connectivity index (χ0) is 22.2. The van der Waals surface area contributed by atoms with Gasteiger partial charge in [-0.1, -0.05) is 29.8 Å². The lowest BCUT2D eigenvalue weighted by Gasteiger charge is -2.21. The van der Waals surface area contributed by atoms with Crippen molar-refractivity contribution in [1.82, 2.24) is 5.01 Å². The summed E-state index contributed by atoms with van der Waals surface area (Å²) in [6, 6.07) is 13.5. The summed E-state index contributed by atoms with van der Waals surface area (Å²) in [5.41, 5.74) is 2.18. The third-order valence-corrected chi connectivity index (χ3v) is 5.57. The van der Waals surface area contributed by atoms with Crippen LogP contribution < -0.4 is 4.72 Å². The van der Waals surface area contributed by atoms with E-state index in [4.69, 9.17) is 16.0 Å². The molecule has 0 radical (unpaired) electrons. The number of hydrogen-bond donors (Lipinski definition) is 1. The molecule has 0 unspecified atom stereocenters. The minimum absolute atomic E-state index is 0.0595. The van der Waals surface area contributed by atoms with Crippen LogP contribution in [-0.2, 0) is 10.0 Å². The van der Waals surface area contributed by atoms with Crippen LogP contribution in [0.25, 0.3) is 0 Å². The molecule has 160 valence electrons. The van der Waals surface area contributed by atoms with Crippen molar-refractivity contribution >= 4 is 38.9 Å². The van der Waals surface area contributed by atoms with Crippen LogP contribution in [0.15, 0.2) is 70.4 Å². The van der Waals surface area contributed by atoms with E-state index in [1.54, 1.807) is 36.4 Å². The highest BCUT2D eigenvalue weighted by atomic mass is 35.5. The second-order valence-corrected chi connectivity index (χ2v) is 9.18. The number of rotatable bonds is 5. The number of furan rings is 1. The molecule has 0 aliphatic carbocycles. The van der Waals surface area contributed by atoms with E-state index in [9.17, 15) is 17.6 Å². The number of nitrogens with zero attached hydrogens (tertiary/aromatic N) is 2. The minimum Gasteiger partial charge on any atom is -0.459 e. The number of amides is 1. The molecule has 4 rings (SSSR count). The Morgan fingerprint density at radius 1 is 1.23 bits per heavy atom. The van der Waals surface area contributed by atoms with Gasteiger partial charge >= 0.3 is 5.91 Å². The number of anilines is 1. The number of sulfonamides is 1. The average Bonchev–Trinajstić information content (AvgIpc) is 3.39. The van der Waals surface area contributed by atoms with Gasteiger partial charge in [-0.15, -0.1) is 0 Å². The van der Waals surface area contributed by atoms with Gasteiger partial charge in [-0.25, -0.2) is 17.8 Å². The second kappa shape index (κ2) is 8.16. The first-order chi connectivity index (χ1) is 14.7. The molecule has 0 saturated carbocycles. The summed E-state index contributed by atoms with van der Waals surface area (Å²) < 4.78 is 44.4. The monoisotopic (exact) mass is 461 g/mol. The van der Waals surface area contributed by atoms with E-state index in [1.165, 1.54) is 29.5 Å². The number of hydrazone groups is 1. The number of benzene rings is 2. The van der Waals surface area contributed by atoms with Crippen LogP contribution in [0.2, 0.25) is 5.02 Å². The van der Waals surface area contributed by atoms with Crippen molar-refractivity contribution in [3.8, 4) is 0 Å². The average molecular weight is 462 g/mol. The van der Waals surface area contributed by atoms with Gasteiger partial charge in [-0.2, -0.15) is 5.10 Å². The number of nitrogens with one attached hydrogen (secondary N) is 1. The predicted molar refractivity (Wildman–Crippen MR) is 115 cm³/mol. The van der Waals surface area contributed by atoms with Crippen LogP contribution in [-0.4, -0.2) is 31.3 Å². The molecule has 1 atom stereocenters. The van der Waals surface area contributed by atoms with Gasteiger partial charge in [0.05, 0.1) is 29.3 Å². The fraction of sp³-hybridized carbons (Fsp3) is 0.143. The Morgan fingerprint density at radius 3 is 2.71 bits per heavy atom. The molecule has 3 aromatic rings. The van der Waals surface area contributed by atoms with Crippen molar-refractivity contribution in [2.24, 2.45) is 5.10 Å². The standard InChI is InChI=1S/C21H17ClFN3O4S/c1-31(28,29)25-15-5-2-4-13(10-15)18-12-19(14-7-8-17(23)16(22)11-14)26(24-18)21(27)20-6-3-9-30-20/h2-11,19,25H,12H2,1H3/t19-/m0/s1. The summed E-state index contributed by atoms with van der Waals surface area (Å²) in [4.78, 5) is 13.0. The maximum atomic E-state index is 13.7. The molecular formula is C21H17ClFN3O4S. The maximum Gasteiger partial charge on any atom is 0.310 e. The first-order valence-electron chi connectivity index (χ1n) is 9.19. The third-order valence-electron chi connectivity index (χ3n) is 4.68. The zero-order valence-electron chi connectivity index (χ0n) is 16.2. The fourth-order valence-electron chi connectivity index (χ4n) is 3.34. The molecule has 1 aliphatic heterocycles. The molecule has 31 heavy (non-hydrogen) atoms. The van der Waals surface area contributed by atoms with Crippen molar-refractivity contribution in [3.05, 3.63) is 88.6 Å². The zero-order valence-corrected chi connectivity index (χ0v) is 17.8. The van der Waals surface area contributed by atoms with Crippen molar-refractivity contribution in [1.29, 1.82) is 0 Å². The molecule has 1 amide bonds. The van der Waals surface area contributed by atoms with Crippen LogP contribution in [0.5, 0.6) is 0 Å². The van der Waals surface area contributed by atoms with Crippen LogP contribution in [0.1, 0.15) is 34.1 Å². The summed E-state index contributed by atoms with van der Waals surface area (Å²) in [5, 5.41) is 5.70. The molecule has 1 aromatic heterocycles. The summed E-state index contributed by atoms with van der Waals surface area (Å²) in [6.07, 6.45) is 2.76. The number of carbonyl (C=O) groups is 1. The fourth-order valence-corrected chi connectivity index (χ4v) is 4.08. The van der Waals surface area contributed by atoms with Gasteiger partial charge in [0, 0.05) is 12.1 Å². The Kier molecular flexibility index (Phi) is 5.55. The molecule has 0 bridgehead atoms. The molecule has 7 nitrogen and oxygen atoms in total. The van der Waals surface area contributed by atoms with E-state index in [1.807, 2.05) is 0 Å². The van der Waals surface area contributed by atoms with Crippen molar-refractivity contribution in [2.45, 2.75) is 12.5 Å². The van der Waals surface area contributed by atoms with Crippen LogP contribution in [0.4, 0.5) is 10.1 Å². The minimum atomic E-state index is -3.45. The van der Waals surface area contributed by atoms with E-state index in [0.29, 0.717) is 28.9 Å². The summed E-state index contributed by atoms with van der Waals surface area (Å²) in [7, 11) is -3.45. The number of carbonyl (C=O) groups excluding carboxylic acids is 1. The van der Waals surface area contributed by atoms with Crippen LogP contribution in [0, 0.1) is 5.82 Å². The summed E-state index contributed by atoms with van der Waals surface area (Å²) in [5.74, 6) is -0.917. The normalized spacial score (nSPS) is 16.3.